The van der Waals surface area contributed by atoms with Crippen LogP contribution in [0.2, 0.25) is 5.02 Å². The first kappa shape index (κ1) is 20.5. The van der Waals surface area contributed by atoms with E-state index in [1.165, 1.54) is 11.3 Å². The third-order valence-electron chi connectivity index (χ3n) is 4.84. The van der Waals surface area contributed by atoms with Crippen LogP contribution in [-0.4, -0.2) is 25.7 Å². The molecule has 1 aromatic carbocycles. The molecule has 0 radical (unpaired) electrons. The number of anilines is 1. The van der Waals surface area contributed by atoms with Crippen molar-refractivity contribution in [2.24, 2.45) is 0 Å². The van der Waals surface area contributed by atoms with Crippen molar-refractivity contribution < 1.29 is 4.79 Å². The molecule has 154 valence electrons. The number of aryl methyl sites for hydroxylation is 2. The number of carbonyl (C=O) groups is 1. The van der Waals surface area contributed by atoms with Crippen LogP contribution in [0.3, 0.4) is 0 Å². The summed E-state index contributed by atoms with van der Waals surface area (Å²) in [7, 11) is 0. The second kappa shape index (κ2) is 8.16. The van der Waals surface area contributed by atoms with Crippen LogP contribution in [0.25, 0.3) is 10.2 Å². The van der Waals surface area contributed by atoms with Crippen molar-refractivity contribution in [2.75, 3.05) is 4.90 Å². The van der Waals surface area contributed by atoms with Crippen molar-refractivity contribution in [3.05, 3.63) is 70.3 Å². The average molecular weight is 440 g/mol. The van der Waals surface area contributed by atoms with Crippen molar-refractivity contribution in [1.82, 2.24) is 19.7 Å². The standard InChI is InChI=1S/C22H22ClN5OS/c1-13(2)28-18(10-14(3)26-28)21(29)27(12-16-6-5-9-24-11-16)22-25-20-15(4)17(23)7-8-19(20)30-22/h5-11,13H,12H2,1-4H3. The third kappa shape index (κ3) is 3.82. The monoisotopic (exact) mass is 439 g/mol. The summed E-state index contributed by atoms with van der Waals surface area (Å²) in [5, 5.41) is 5.79. The summed E-state index contributed by atoms with van der Waals surface area (Å²) in [6.45, 7) is 8.22. The maximum atomic E-state index is 13.7. The first-order valence-electron chi connectivity index (χ1n) is 9.67. The molecule has 1 amide bonds. The Morgan fingerprint density at radius 1 is 1.27 bits per heavy atom. The highest BCUT2D eigenvalue weighted by atomic mass is 35.5. The zero-order chi connectivity index (χ0) is 21.4. The number of halogens is 1. The Labute approximate surface area is 184 Å². The SMILES string of the molecule is Cc1cc(C(=O)N(Cc2cccnc2)c2nc3c(C)c(Cl)ccc3s2)n(C(C)C)n1. The molecule has 4 rings (SSSR count). The van der Waals surface area contributed by atoms with Gasteiger partial charge in [0.2, 0.25) is 0 Å². The van der Waals surface area contributed by atoms with Crippen LogP contribution in [-0.2, 0) is 6.54 Å². The Morgan fingerprint density at radius 3 is 2.77 bits per heavy atom. The van der Waals surface area contributed by atoms with Gasteiger partial charge < -0.3 is 0 Å². The molecule has 0 spiro atoms. The summed E-state index contributed by atoms with van der Waals surface area (Å²) in [5.41, 5.74) is 4.00. The lowest BCUT2D eigenvalue weighted by Crippen LogP contribution is -2.32. The highest BCUT2D eigenvalue weighted by Crippen LogP contribution is 2.35. The molecule has 0 saturated heterocycles. The van der Waals surface area contributed by atoms with Gasteiger partial charge >= 0.3 is 0 Å². The second-order valence-corrected chi connectivity index (χ2v) is 8.89. The van der Waals surface area contributed by atoms with E-state index in [0.717, 1.165) is 27.0 Å². The lowest BCUT2D eigenvalue weighted by molar-refractivity contribution is 0.0973. The van der Waals surface area contributed by atoms with Crippen LogP contribution in [0.4, 0.5) is 5.13 Å². The lowest BCUT2D eigenvalue weighted by atomic mass is 10.2. The van der Waals surface area contributed by atoms with Crippen LogP contribution in [0.1, 0.15) is 47.2 Å². The number of amides is 1. The molecular formula is C22H22ClN5OS. The molecule has 0 fully saturated rings. The zero-order valence-corrected chi connectivity index (χ0v) is 18.8. The molecule has 0 aliphatic heterocycles. The topological polar surface area (TPSA) is 63.9 Å². The highest BCUT2D eigenvalue weighted by Gasteiger charge is 2.26. The number of rotatable bonds is 5. The van der Waals surface area contributed by atoms with Gasteiger partial charge in [0.1, 0.15) is 5.69 Å². The van der Waals surface area contributed by atoms with E-state index in [1.54, 1.807) is 22.0 Å². The quantitative estimate of drug-likeness (QED) is 0.406. The molecule has 0 atom stereocenters. The van der Waals surface area contributed by atoms with E-state index in [-0.39, 0.29) is 11.9 Å². The second-order valence-electron chi connectivity index (χ2n) is 7.48. The smallest absolute Gasteiger partial charge is 0.278 e. The molecule has 3 heterocycles. The summed E-state index contributed by atoms with van der Waals surface area (Å²) in [4.78, 5) is 24.4. The Bertz CT molecular complexity index is 1220. The van der Waals surface area contributed by atoms with Gasteiger partial charge in [-0.3, -0.25) is 19.4 Å². The van der Waals surface area contributed by atoms with E-state index in [1.807, 2.05) is 58.0 Å². The molecule has 30 heavy (non-hydrogen) atoms. The first-order chi connectivity index (χ1) is 14.3. The number of benzene rings is 1. The number of aromatic nitrogens is 4. The molecule has 0 bridgehead atoms. The van der Waals surface area contributed by atoms with E-state index in [0.29, 0.717) is 22.4 Å². The van der Waals surface area contributed by atoms with Gasteiger partial charge in [-0.25, -0.2) is 4.98 Å². The van der Waals surface area contributed by atoms with Gasteiger partial charge in [-0.15, -0.1) is 0 Å². The zero-order valence-electron chi connectivity index (χ0n) is 17.3. The summed E-state index contributed by atoms with van der Waals surface area (Å²) >= 11 is 7.76. The summed E-state index contributed by atoms with van der Waals surface area (Å²) < 4.78 is 2.76. The molecule has 0 saturated carbocycles. The van der Waals surface area contributed by atoms with Crippen LogP contribution < -0.4 is 4.90 Å². The maximum Gasteiger partial charge on any atom is 0.278 e. The van der Waals surface area contributed by atoms with Gasteiger partial charge in [-0.05, 0) is 63.1 Å². The van der Waals surface area contributed by atoms with Gasteiger partial charge in [-0.1, -0.05) is 29.0 Å². The van der Waals surface area contributed by atoms with Crippen molar-refractivity contribution in [3.8, 4) is 0 Å². The Balaban J connectivity index is 1.83. The Hall–Kier alpha value is -2.77. The number of fused-ring (bicyclic) bond motifs is 1. The molecule has 3 aromatic heterocycles. The predicted molar refractivity (Wildman–Crippen MR) is 121 cm³/mol. The molecule has 0 aliphatic rings. The van der Waals surface area contributed by atoms with E-state index in [2.05, 4.69) is 10.1 Å². The van der Waals surface area contributed by atoms with Gasteiger partial charge in [0, 0.05) is 23.5 Å². The van der Waals surface area contributed by atoms with Gasteiger partial charge in [0.05, 0.1) is 22.5 Å². The summed E-state index contributed by atoms with van der Waals surface area (Å²) in [6, 6.07) is 9.52. The largest absolute Gasteiger partial charge is 0.278 e. The lowest BCUT2D eigenvalue weighted by Gasteiger charge is -2.21. The fraction of sp³-hybridized carbons (Fsp3) is 0.273. The van der Waals surface area contributed by atoms with Crippen molar-refractivity contribution in [2.45, 2.75) is 40.3 Å². The van der Waals surface area contributed by atoms with Crippen LogP contribution >= 0.6 is 22.9 Å². The number of nitrogens with zero attached hydrogens (tertiary/aromatic N) is 5. The van der Waals surface area contributed by atoms with Crippen molar-refractivity contribution in [1.29, 1.82) is 0 Å². The average Bonchev–Trinajstić information content (AvgIpc) is 3.33. The molecule has 0 unspecified atom stereocenters. The number of pyridine rings is 1. The molecule has 6 nitrogen and oxygen atoms in total. The summed E-state index contributed by atoms with van der Waals surface area (Å²) in [5.74, 6) is -0.143. The maximum absolute atomic E-state index is 13.7. The molecule has 0 aliphatic carbocycles. The van der Waals surface area contributed by atoms with Gasteiger partial charge in [0.15, 0.2) is 5.13 Å². The van der Waals surface area contributed by atoms with E-state index < -0.39 is 0 Å². The molecule has 8 heteroatoms. The number of hydrogen-bond donors (Lipinski definition) is 0. The van der Waals surface area contributed by atoms with Crippen LogP contribution in [0.5, 0.6) is 0 Å². The minimum Gasteiger partial charge on any atom is -0.278 e. The fourth-order valence-corrected chi connectivity index (χ4v) is 4.49. The van der Waals surface area contributed by atoms with Crippen molar-refractivity contribution in [3.63, 3.8) is 0 Å². The van der Waals surface area contributed by atoms with Crippen LogP contribution in [0, 0.1) is 13.8 Å². The minimum absolute atomic E-state index is 0.0642. The first-order valence-corrected chi connectivity index (χ1v) is 10.9. The van der Waals surface area contributed by atoms with Gasteiger partial charge in [-0.2, -0.15) is 5.10 Å². The molecule has 0 N–H and O–H groups in total. The van der Waals surface area contributed by atoms with Crippen molar-refractivity contribution >= 4 is 44.2 Å². The van der Waals surface area contributed by atoms with E-state index in [4.69, 9.17) is 16.6 Å². The van der Waals surface area contributed by atoms with Gasteiger partial charge in [0.25, 0.3) is 5.91 Å². The normalized spacial score (nSPS) is 11.4. The Kier molecular flexibility index (Phi) is 5.58. The van der Waals surface area contributed by atoms with E-state index in [9.17, 15) is 4.79 Å². The Morgan fingerprint density at radius 2 is 2.07 bits per heavy atom. The summed E-state index contributed by atoms with van der Waals surface area (Å²) in [6.07, 6.45) is 3.48. The third-order valence-corrected chi connectivity index (χ3v) is 6.30. The molecular weight excluding hydrogens is 418 g/mol. The molecule has 4 aromatic rings. The highest BCUT2D eigenvalue weighted by molar-refractivity contribution is 7.22. The number of hydrogen-bond acceptors (Lipinski definition) is 5. The predicted octanol–water partition coefficient (Wildman–Crippen LogP) is 5.59. The fourth-order valence-electron chi connectivity index (χ4n) is 3.31. The van der Waals surface area contributed by atoms with E-state index >= 15 is 0 Å². The number of carbonyl (C=O) groups excluding carboxylic acids is 1. The number of thiazole rings is 1. The van der Waals surface area contributed by atoms with Crippen LogP contribution in [0.15, 0.2) is 42.7 Å². The minimum atomic E-state index is -0.143.